The van der Waals surface area contributed by atoms with Gasteiger partial charge >= 0.3 is 12.2 Å². The fraction of sp³-hybridized carbons (Fsp3) is 0.560. The van der Waals surface area contributed by atoms with Gasteiger partial charge in [-0.15, -0.1) is 0 Å². The second kappa shape index (κ2) is 10.2. The fourth-order valence-electron chi connectivity index (χ4n) is 3.51. The molecule has 1 fully saturated rings. The lowest BCUT2D eigenvalue weighted by Gasteiger charge is -2.40. The highest BCUT2D eigenvalue weighted by Crippen LogP contribution is 2.32. The number of hydrazine groups is 1. The van der Waals surface area contributed by atoms with E-state index in [1.54, 1.807) is 53.7 Å². The maximum Gasteiger partial charge on any atom is 0.430 e. The van der Waals surface area contributed by atoms with E-state index in [1.165, 1.54) is 0 Å². The van der Waals surface area contributed by atoms with Crippen molar-refractivity contribution in [3.05, 3.63) is 42.0 Å². The normalized spacial score (nSPS) is 19.9. The van der Waals surface area contributed by atoms with Crippen LogP contribution in [0.5, 0.6) is 0 Å². The molecule has 1 atom stereocenters. The minimum absolute atomic E-state index is 0.149. The first-order valence-corrected chi connectivity index (χ1v) is 11.1. The summed E-state index contributed by atoms with van der Waals surface area (Å²) in [7, 11) is 0. The standard InChI is InChI=1S/C25H36N2O5/c1-23(2,3)31-21(29)26-27(22(30)32-24(4,5)6)25(17-12-8-11-15-20(25)28)18-16-19-13-9-7-10-14-19/h7,9-10,13-14,16,18H,8,11-12,15,17H2,1-6H3,(H,26,29)/b18-16+/t25-/m0/s1. The average Bonchev–Trinajstić information content (AvgIpc) is 2.84. The quantitative estimate of drug-likeness (QED) is 0.481. The van der Waals surface area contributed by atoms with E-state index in [0.717, 1.165) is 29.8 Å². The van der Waals surface area contributed by atoms with E-state index in [2.05, 4.69) is 5.43 Å². The molecule has 0 radical (unpaired) electrons. The van der Waals surface area contributed by atoms with Gasteiger partial charge in [-0.3, -0.25) is 4.79 Å². The maximum atomic E-state index is 13.4. The molecule has 0 bridgehead atoms. The molecule has 0 aromatic heterocycles. The van der Waals surface area contributed by atoms with Gasteiger partial charge in [0, 0.05) is 6.42 Å². The summed E-state index contributed by atoms with van der Waals surface area (Å²) in [6.07, 6.45) is 4.85. The van der Waals surface area contributed by atoms with Crippen molar-refractivity contribution in [3.8, 4) is 0 Å². The fourth-order valence-corrected chi connectivity index (χ4v) is 3.51. The molecule has 0 saturated heterocycles. The Bertz CT molecular complexity index is 836. The van der Waals surface area contributed by atoms with Gasteiger partial charge in [0.25, 0.3) is 0 Å². The van der Waals surface area contributed by atoms with E-state index in [4.69, 9.17) is 9.47 Å². The van der Waals surface area contributed by atoms with Crippen LogP contribution in [0.1, 0.15) is 79.2 Å². The van der Waals surface area contributed by atoms with Crippen molar-refractivity contribution in [2.75, 3.05) is 0 Å². The van der Waals surface area contributed by atoms with Gasteiger partial charge in [-0.2, -0.15) is 5.01 Å². The highest BCUT2D eigenvalue weighted by atomic mass is 16.6. The van der Waals surface area contributed by atoms with Gasteiger partial charge in [-0.1, -0.05) is 49.2 Å². The molecule has 2 amide bonds. The van der Waals surface area contributed by atoms with Gasteiger partial charge in [0.2, 0.25) is 0 Å². The predicted molar refractivity (Wildman–Crippen MR) is 124 cm³/mol. The Labute approximate surface area is 191 Å². The van der Waals surface area contributed by atoms with Crippen LogP contribution in [0.2, 0.25) is 0 Å². The van der Waals surface area contributed by atoms with Crippen molar-refractivity contribution in [2.45, 2.75) is 90.4 Å². The van der Waals surface area contributed by atoms with Crippen LogP contribution in [0, 0.1) is 0 Å². The Morgan fingerprint density at radius 3 is 2.19 bits per heavy atom. The number of hydrogen-bond donors (Lipinski definition) is 1. The summed E-state index contributed by atoms with van der Waals surface area (Å²) in [5, 5.41) is 1.03. The number of rotatable bonds is 3. The number of ketones is 1. The van der Waals surface area contributed by atoms with E-state index < -0.39 is 28.9 Å². The average molecular weight is 445 g/mol. The van der Waals surface area contributed by atoms with Gasteiger partial charge in [0.1, 0.15) is 16.7 Å². The smallest absolute Gasteiger partial charge is 0.430 e. The summed E-state index contributed by atoms with van der Waals surface area (Å²) in [5.74, 6) is -0.149. The van der Waals surface area contributed by atoms with Crippen LogP contribution >= 0.6 is 0 Å². The topological polar surface area (TPSA) is 84.9 Å². The third-order valence-corrected chi connectivity index (χ3v) is 4.87. The van der Waals surface area contributed by atoms with Gasteiger partial charge in [-0.05, 0) is 66.0 Å². The molecule has 7 nitrogen and oxygen atoms in total. The molecule has 176 valence electrons. The lowest BCUT2D eigenvalue weighted by molar-refractivity contribution is -0.130. The van der Waals surface area contributed by atoms with Crippen molar-refractivity contribution in [1.82, 2.24) is 10.4 Å². The van der Waals surface area contributed by atoms with E-state index in [9.17, 15) is 14.4 Å². The minimum atomic E-state index is -1.38. The molecule has 1 aliphatic carbocycles. The number of hydrogen-bond acceptors (Lipinski definition) is 5. The number of amides is 2. The predicted octanol–water partition coefficient (Wildman–Crippen LogP) is 5.65. The highest BCUT2D eigenvalue weighted by molar-refractivity contribution is 5.95. The zero-order valence-electron chi connectivity index (χ0n) is 20.1. The molecule has 1 N–H and O–H groups in total. The van der Waals surface area contributed by atoms with Crippen LogP contribution in [0.4, 0.5) is 9.59 Å². The van der Waals surface area contributed by atoms with Gasteiger partial charge in [0.15, 0.2) is 5.78 Å². The van der Waals surface area contributed by atoms with Crippen LogP contribution in [-0.2, 0) is 14.3 Å². The molecular weight excluding hydrogens is 408 g/mol. The maximum absolute atomic E-state index is 13.4. The van der Waals surface area contributed by atoms with Crippen LogP contribution in [0.3, 0.4) is 0 Å². The molecule has 1 saturated carbocycles. The SMILES string of the molecule is CC(C)(C)OC(=O)NN(C(=O)OC(C)(C)C)[C@]1(/C=C/c2ccccc2)CCCCCC1=O. The number of carbonyl (C=O) groups excluding carboxylic acids is 3. The summed E-state index contributed by atoms with van der Waals surface area (Å²) in [6, 6.07) is 9.51. The van der Waals surface area contributed by atoms with Gasteiger partial charge in [-0.25, -0.2) is 15.0 Å². The number of nitrogens with zero attached hydrogens (tertiary/aromatic N) is 1. The van der Waals surface area contributed by atoms with E-state index in [-0.39, 0.29) is 5.78 Å². The zero-order chi connectivity index (χ0) is 24.0. The number of ether oxygens (including phenoxy) is 2. The zero-order valence-corrected chi connectivity index (χ0v) is 20.1. The number of nitrogens with one attached hydrogen (secondary N) is 1. The first-order chi connectivity index (χ1) is 14.8. The lowest BCUT2D eigenvalue weighted by atomic mass is 9.87. The lowest BCUT2D eigenvalue weighted by Crippen LogP contribution is -2.63. The Balaban J connectivity index is 2.53. The Kier molecular flexibility index (Phi) is 8.10. The third-order valence-electron chi connectivity index (χ3n) is 4.87. The number of benzene rings is 1. The van der Waals surface area contributed by atoms with Gasteiger partial charge < -0.3 is 9.47 Å². The molecule has 1 aliphatic rings. The van der Waals surface area contributed by atoms with Crippen molar-refractivity contribution in [2.24, 2.45) is 0 Å². The van der Waals surface area contributed by atoms with Crippen LogP contribution in [-0.4, -0.2) is 39.7 Å². The Hall–Kier alpha value is -2.83. The summed E-state index contributed by atoms with van der Waals surface area (Å²) in [5.41, 5.74) is 0.433. The summed E-state index contributed by atoms with van der Waals surface area (Å²) >= 11 is 0. The number of carbonyl (C=O) groups is 3. The second-order valence-corrected chi connectivity index (χ2v) is 10.1. The summed E-state index contributed by atoms with van der Waals surface area (Å²) < 4.78 is 11.0. The first-order valence-electron chi connectivity index (χ1n) is 11.1. The summed E-state index contributed by atoms with van der Waals surface area (Å²) in [4.78, 5) is 39.4. The van der Waals surface area contributed by atoms with E-state index >= 15 is 0 Å². The van der Waals surface area contributed by atoms with Crippen molar-refractivity contribution < 1.29 is 23.9 Å². The molecule has 0 unspecified atom stereocenters. The molecule has 2 rings (SSSR count). The van der Waals surface area contributed by atoms with E-state index in [1.807, 2.05) is 30.3 Å². The second-order valence-electron chi connectivity index (χ2n) is 10.1. The molecule has 32 heavy (non-hydrogen) atoms. The molecule has 1 aromatic rings. The van der Waals surface area contributed by atoms with E-state index in [0.29, 0.717) is 12.8 Å². The van der Waals surface area contributed by atoms with Crippen molar-refractivity contribution >= 4 is 24.0 Å². The van der Waals surface area contributed by atoms with Gasteiger partial charge in [0.05, 0.1) is 0 Å². The minimum Gasteiger partial charge on any atom is -0.443 e. The largest absolute Gasteiger partial charge is 0.443 e. The Morgan fingerprint density at radius 2 is 1.59 bits per heavy atom. The first kappa shape index (κ1) is 25.4. The van der Waals surface area contributed by atoms with Crippen molar-refractivity contribution in [1.29, 1.82) is 0 Å². The summed E-state index contributed by atoms with van der Waals surface area (Å²) in [6.45, 7) is 10.4. The monoisotopic (exact) mass is 444 g/mol. The van der Waals surface area contributed by atoms with Crippen LogP contribution < -0.4 is 5.43 Å². The van der Waals surface area contributed by atoms with Crippen molar-refractivity contribution in [3.63, 3.8) is 0 Å². The molecule has 1 aromatic carbocycles. The van der Waals surface area contributed by atoms with Crippen LogP contribution in [0.15, 0.2) is 36.4 Å². The molecule has 0 heterocycles. The molecule has 0 aliphatic heterocycles. The third kappa shape index (κ3) is 7.39. The molecular formula is C25H36N2O5. The van der Waals surface area contributed by atoms with Crippen LogP contribution in [0.25, 0.3) is 6.08 Å². The number of Topliss-reactive ketones (excluding diaryl/α,β-unsaturated/α-hetero) is 1. The Morgan fingerprint density at radius 1 is 0.969 bits per heavy atom. The highest BCUT2D eigenvalue weighted by Gasteiger charge is 2.47. The molecule has 0 spiro atoms. The molecule has 7 heteroatoms.